The third kappa shape index (κ3) is 12.0. The smallest absolute Gasteiger partial charge is 0.185 e. The molecule has 7 heteroatoms. The normalized spacial score (nSPS) is 10.0. The lowest BCUT2D eigenvalue weighted by Crippen LogP contribution is -1.92. The van der Waals surface area contributed by atoms with Crippen LogP contribution in [0.4, 0.5) is 0 Å². The molecule has 0 saturated carbocycles. The molecule has 0 aliphatic carbocycles. The lowest BCUT2D eigenvalue weighted by Gasteiger charge is -1.99. The summed E-state index contributed by atoms with van der Waals surface area (Å²) in [6, 6.07) is 32.5. The van der Waals surface area contributed by atoms with E-state index in [1.54, 1.807) is 55.5 Å². The molecular weight excluding hydrogens is 496 g/mol. The molecule has 0 aromatic heterocycles. The molecule has 4 aromatic rings. The van der Waals surface area contributed by atoms with Crippen molar-refractivity contribution in [3.05, 3.63) is 149 Å². The fourth-order valence-electron chi connectivity index (χ4n) is 3.11. The summed E-state index contributed by atoms with van der Waals surface area (Å²) in [6.07, 6.45) is 4.08. The number of hydrogen-bond donors (Lipinski definition) is 2. The van der Waals surface area contributed by atoms with E-state index < -0.39 is 0 Å². The van der Waals surface area contributed by atoms with Crippen molar-refractivity contribution < 1.29 is 34.7 Å². The standard InChI is InChI=1S/C16H14O3.C8H8O3.C8H8O/c17-16(15-4-2-1-3-5-15)11-10-13-6-8-14(9-7-13)12-19-18;9-5-7-1-3-8(4-2-7)6-11-10;1-7(9)8-5-3-2-4-6-8/h1-11,18H,12H2;1-5,10H,6H2;2-6H,1H3/b11-10+;;. The maximum absolute atomic E-state index is 11.8. The van der Waals surface area contributed by atoms with Gasteiger partial charge in [-0.1, -0.05) is 115 Å². The number of carbonyl (C=O) groups excluding carboxylic acids is 3. The first-order chi connectivity index (χ1) is 19.0. The minimum absolute atomic E-state index is 0.0247. The van der Waals surface area contributed by atoms with Gasteiger partial charge in [-0.25, -0.2) is 9.78 Å². The summed E-state index contributed by atoms with van der Waals surface area (Å²) in [6.45, 7) is 1.88. The Bertz CT molecular complexity index is 1300. The van der Waals surface area contributed by atoms with Gasteiger partial charge in [-0.05, 0) is 29.7 Å². The minimum Gasteiger partial charge on any atom is -0.298 e. The van der Waals surface area contributed by atoms with Gasteiger partial charge in [0.05, 0.1) is 0 Å². The molecule has 4 rings (SSSR count). The van der Waals surface area contributed by atoms with Crippen LogP contribution < -0.4 is 0 Å². The Morgan fingerprint density at radius 3 is 1.46 bits per heavy atom. The van der Waals surface area contributed by atoms with Gasteiger partial charge in [-0.15, -0.1) is 0 Å². The Kier molecular flexibility index (Phi) is 14.0. The molecule has 0 unspecified atom stereocenters. The SMILES string of the molecule is CC(=O)c1ccccc1.O=C(/C=C/c1ccc(COO)cc1)c1ccccc1.O=Cc1ccc(COO)cc1. The molecular formula is C32H30O7. The highest BCUT2D eigenvalue weighted by Gasteiger charge is 1.99. The number of rotatable bonds is 9. The van der Waals surface area contributed by atoms with E-state index in [4.69, 9.17) is 10.5 Å². The van der Waals surface area contributed by atoms with E-state index in [1.807, 2.05) is 72.8 Å². The van der Waals surface area contributed by atoms with Crippen LogP contribution in [0.25, 0.3) is 6.08 Å². The number of aldehydes is 1. The van der Waals surface area contributed by atoms with Crippen molar-refractivity contribution in [2.75, 3.05) is 0 Å². The van der Waals surface area contributed by atoms with Crippen LogP contribution in [-0.4, -0.2) is 28.4 Å². The second-order valence-corrected chi connectivity index (χ2v) is 8.13. The molecule has 0 aliphatic rings. The highest BCUT2D eigenvalue weighted by molar-refractivity contribution is 6.06. The van der Waals surface area contributed by atoms with Crippen LogP contribution in [0.3, 0.4) is 0 Å². The van der Waals surface area contributed by atoms with Gasteiger partial charge in [0.25, 0.3) is 0 Å². The molecule has 0 fully saturated rings. The van der Waals surface area contributed by atoms with E-state index in [0.29, 0.717) is 11.1 Å². The average molecular weight is 527 g/mol. The molecule has 0 aliphatic heterocycles. The fraction of sp³-hybridized carbons (Fsp3) is 0.0938. The predicted molar refractivity (Wildman–Crippen MR) is 149 cm³/mol. The Labute approximate surface area is 227 Å². The summed E-state index contributed by atoms with van der Waals surface area (Å²) in [5.41, 5.74) is 4.69. The summed E-state index contributed by atoms with van der Waals surface area (Å²) in [4.78, 5) is 40.7. The van der Waals surface area contributed by atoms with Gasteiger partial charge in [0.15, 0.2) is 11.6 Å². The molecule has 0 heterocycles. The molecule has 7 nitrogen and oxygen atoms in total. The number of carbonyl (C=O) groups is 3. The van der Waals surface area contributed by atoms with Crippen molar-refractivity contribution in [1.82, 2.24) is 0 Å². The molecule has 0 spiro atoms. The van der Waals surface area contributed by atoms with E-state index in [2.05, 4.69) is 9.78 Å². The lowest BCUT2D eigenvalue weighted by atomic mass is 10.1. The first-order valence-corrected chi connectivity index (χ1v) is 12.0. The van der Waals surface area contributed by atoms with Crippen LogP contribution in [0.15, 0.2) is 115 Å². The predicted octanol–water partition coefficient (Wildman–Crippen LogP) is 6.95. The third-order valence-corrected chi connectivity index (χ3v) is 5.22. The second kappa shape index (κ2) is 17.8. The Hall–Kier alpha value is -4.53. The van der Waals surface area contributed by atoms with Crippen LogP contribution in [0, 0.1) is 0 Å². The Morgan fingerprint density at radius 2 is 1.08 bits per heavy atom. The van der Waals surface area contributed by atoms with Crippen molar-refractivity contribution >= 4 is 23.9 Å². The Balaban J connectivity index is 0.000000226. The first-order valence-electron chi connectivity index (χ1n) is 12.0. The maximum atomic E-state index is 11.8. The van der Waals surface area contributed by atoms with Crippen LogP contribution >= 0.6 is 0 Å². The molecule has 0 saturated heterocycles. The van der Waals surface area contributed by atoms with Crippen LogP contribution in [0.1, 0.15) is 54.7 Å². The average Bonchev–Trinajstić information content (AvgIpc) is 2.99. The Morgan fingerprint density at radius 1 is 0.641 bits per heavy atom. The van der Waals surface area contributed by atoms with E-state index in [1.165, 1.54) is 0 Å². The number of hydrogen-bond acceptors (Lipinski definition) is 7. The topological polar surface area (TPSA) is 110 Å². The summed E-state index contributed by atoms with van der Waals surface area (Å²) in [5, 5.41) is 16.4. The number of allylic oxidation sites excluding steroid dienone is 1. The molecule has 0 bridgehead atoms. The number of Topliss-reactive ketones (excluding diaryl/α,β-unsaturated/α-hetero) is 1. The van der Waals surface area contributed by atoms with Crippen LogP contribution in [-0.2, 0) is 23.0 Å². The molecule has 0 radical (unpaired) electrons. The zero-order valence-corrected chi connectivity index (χ0v) is 21.5. The van der Waals surface area contributed by atoms with Gasteiger partial charge in [0.2, 0.25) is 0 Å². The van der Waals surface area contributed by atoms with Crippen molar-refractivity contribution in [1.29, 1.82) is 0 Å². The van der Waals surface area contributed by atoms with E-state index in [0.717, 1.165) is 28.5 Å². The van der Waals surface area contributed by atoms with Gasteiger partial charge >= 0.3 is 0 Å². The molecule has 0 atom stereocenters. The minimum atomic E-state index is -0.0247. The summed E-state index contributed by atoms with van der Waals surface area (Å²) < 4.78 is 0. The van der Waals surface area contributed by atoms with E-state index >= 15 is 0 Å². The van der Waals surface area contributed by atoms with Crippen LogP contribution in [0.2, 0.25) is 0 Å². The van der Waals surface area contributed by atoms with Gasteiger partial charge in [-0.2, -0.15) is 0 Å². The van der Waals surface area contributed by atoms with Crippen molar-refractivity contribution in [3.63, 3.8) is 0 Å². The lowest BCUT2D eigenvalue weighted by molar-refractivity contribution is -0.253. The molecule has 2 N–H and O–H groups in total. The van der Waals surface area contributed by atoms with Crippen LogP contribution in [0.5, 0.6) is 0 Å². The molecule has 0 amide bonds. The van der Waals surface area contributed by atoms with Gasteiger partial charge < -0.3 is 0 Å². The first kappa shape index (κ1) is 30.7. The highest BCUT2D eigenvalue weighted by atomic mass is 17.1. The maximum Gasteiger partial charge on any atom is 0.185 e. The monoisotopic (exact) mass is 526 g/mol. The quantitative estimate of drug-likeness (QED) is 0.0798. The summed E-state index contributed by atoms with van der Waals surface area (Å²) >= 11 is 0. The zero-order chi connectivity index (χ0) is 28.3. The van der Waals surface area contributed by atoms with Crippen molar-refractivity contribution in [2.45, 2.75) is 20.1 Å². The molecule has 200 valence electrons. The largest absolute Gasteiger partial charge is 0.298 e. The third-order valence-electron chi connectivity index (χ3n) is 5.22. The molecule has 4 aromatic carbocycles. The van der Waals surface area contributed by atoms with Gasteiger partial charge in [-0.3, -0.25) is 24.9 Å². The summed E-state index contributed by atoms with van der Waals surface area (Å²) in [7, 11) is 0. The second-order valence-electron chi connectivity index (χ2n) is 8.13. The number of benzene rings is 4. The zero-order valence-electron chi connectivity index (χ0n) is 21.5. The molecule has 39 heavy (non-hydrogen) atoms. The van der Waals surface area contributed by atoms with E-state index in [-0.39, 0.29) is 24.8 Å². The summed E-state index contributed by atoms with van der Waals surface area (Å²) in [5.74, 6) is 0.0963. The highest BCUT2D eigenvalue weighted by Crippen LogP contribution is 2.09. The van der Waals surface area contributed by atoms with Crippen molar-refractivity contribution in [2.24, 2.45) is 0 Å². The number of ketones is 2. The van der Waals surface area contributed by atoms with Crippen molar-refractivity contribution in [3.8, 4) is 0 Å². The van der Waals surface area contributed by atoms with Gasteiger partial charge in [0.1, 0.15) is 19.5 Å². The van der Waals surface area contributed by atoms with Gasteiger partial charge in [0, 0.05) is 16.7 Å². The van der Waals surface area contributed by atoms with E-state index in [9.17, 15) is 14.4 Å². The fourth-order valence-corrected chi connectivity index (χ4v) is 3.11.